The Kier molecular flexibility index (Phi) is 3.22. The Morgan fingerprint density at radius 1 is 1.50 bits per heavy atom. The van der Waals surface area contributed by atoms with Crippen LogP contribution in [0.1, 0.15) is 5.56 Å². The lowest BCUT2D eigenvalue weighted by atomic mass is 9.91. The molecule has 0 amide bonds. The van der Waals surface area contributed by atoms with Crippen LogP contribution in [0.4, 0.5) is 0 Å². The maximum absolute atomic E-state index is 8.53. The first kappa shape index (κ1) is 9.19. The molecule has 1 rings (SSSR count). The monoisotopic (exact) mass is 181 g/mol. The van der Waals surface area contributed by atoms with Gasteiger partial charge in [0, 0.05) is 11.8 Å². The Bertz CT molecular complexity index is 334. The van der Waals surface area contributed by atoms with Crippen molar-refractivity contribution in [2.75, 3.05) is 0 Å². The van der Waals surface area contributed by atoms with Crippen LogP contribution in [0.2, 0.25) is 0 Å². The van der Waals surface area contributed by atoms with Crippen LogP contribution in [0.25, 0.3) is 6.08 Å². The van der Waals surface area contributed by atoms with Crippen LogP contribution in [0.5, 0.6) is 0 Å². The van der Waals surface area contributed by atoms with Crippen LogP contribution in [-0.4, -0.2) is 22.2 Å². The molecule has 1 aromatic heterocycles. The third-order valence-electron chi connectivity index (χ3n) is 1.30. The van der Waals surface area contributed by atoms with E-state index in [1.54, 1.807) is 24.4 Å². The van der Waals surface area contributed by atoms with Crippen molar-refractivity contribution in [3.63, 3.8) is 0 Å². The van der Waals surface area contributed by atoms with Crippen LogP contribution < -0.4 is 0 Å². The van der Waals surface area contributed by atoms with Gasteiger partial charge in [0.2, 0.25) is 0 Å². The van der Waals surface area contributed by atoms with Crippen LogP contribution in [0, 0.1) is 4.64 Å². The van der Waals surface area contributed by atoms with E-state index in [-0.39, 0.29) is 0 Å². The molecule has 0 saturated carbocycles. The zero-order chi connectivity index (χ0) is 8.97. The number of pyridine rings is 1. The molecular formula is C7H8BNO2S. The highest BCUT2D eigenvalue weighted by molar-refractivity contribution is 7.71. The maximum Gasteiger partial charge on any atom is 0.480 e. The molecule has 0 aliphatic rings. The normalized spacial score (nSPS) is 10.5. The summed E-state index contributed by atoms with van der Waals surface area (Å²) in [6.45, 7) is 0. The van der Waals surface area contributed by atoms with Gasteiger partial charge in [-0.25, -0.2) is 0 Å². The summed E-state index contributed by atoms with van der Waals surface area (Å²) >= 11 is 4.93. The third kappa shape index (κ3) is 2.62. The van der Waals surface area contributed by atoms with Gasteiger partial charge in [-0.2, -0.15) is 0 Å². The smallest absolute Gasteiger partial charge is 0.424 e. The lowest BCUT2D eigenvalue weighted by Crippen LogP contribution is -2.05. The zero-order valence-corrected chi connectivity index (χ0v) is 7.08. The first-order chi connectivity index (χ1) is 5.70. The molecule has 62 valence electrons. The fraction of sp³-hybridized carbons (Fsp3) is 0. The van der Waals surface area contributed by atoms with Gasteiger partial charge >= 0.3 is 7.12 Å². The summed E-state index contributed by atoms with van der Waals surface area (Å²) in [5, 5.41) is 17.1. The molecule has 12 heavy (non-hydrogen) atoms. The number of aromatic nitrogens is 1. The fourth-order valence-corrected chi connectivity index (χ4v) is 0.960. The largest absolute Gasteiger partial charge is 0.480 e. The van der Waals surface area contributed by atoms with Gasteiger partial charge in [-0.3, -0.25) is 0 Å². The van der Waals surface area contributed by atoms with Gasteiger partial charge < -0.3 is 15.0 Å². The zero-order valence-electron chi connectivity index (χ0n) is 6.27. The molecular weight excluding hydrogens is 173 g/mol. The van der Waals surface area contributed by atoms with Gasteiger partial charge in [-0.15, -0.1) is 0 Å². The SMILES string of the molecule is OB(O)/C=C/c1ccc[nH]c1=S. The summed E-state index contributed by atoms with van der Waals surface area (Å²) in [6, 6.07) is 3.58. The molecule has 5 heteroatoms. The molecule has 1 aromatic rings. The quantitative estimate of drug-likeness (QED) is 0.466. The molecule has 0 saturated heterocycles. The molecule has 3 N–H and O–H groups in total. The Balaban J connectivity index is 2.90. The van der Waals surface area contributed by atoms with E-state index >= 15 is 0 Å². The summed E-state index contributed by atoms with van der Waals surface area (Å²) in [5.41, 5.74) is 0.764. The minimum Gasteiger partial charge on any atom is -0.424 e. The minimum absolute atomic E-state index is 0.578. The number of aromatic amines is 1. The van der Waals surface area contributed by atoms with Crippen LogP contribution in [0.3, 0.4) is 0 Å². The second kappa shape index (κ2) is 4.20. The predicted molar refractivity (Wildman–Crippen MR) is 50.9 cm³/mol. The third-order valence-corrected chi connectivity index (χ3v) is 1.65. The van der Waals surface area contributed by atoms with Crippen molar-refractivity contribution < 1.29 is 10.0 Å². The van der Waals surface area contributed by atoms with Crippen molar-refractivity contribution in [1.29, 1.82) is 0 Å². The van der Waals surface area contributed by atoms with Crippen LogP contribution >= 0.6 is 12.2 Å². The highest BCUT2D eigenvalue weighted by Crippen LogP contribution is 2.01. The summed E-state index contributed by atoms with van der Waals surface area (Å²) in [6.07, 6.45) is 3.28. The van der Waals surface area contributed by atoms with Gasteiger partial charge in [-0.05, 0) is 6.07 Å². The molecule has 0 radical (unpaired) electrons. The first-order valence-corrected chi connectivity index (χ1v) is 3.83. The molecule has 3 nitrogen and oxygen atoms in total. The summed E-state index contributed by atoms with van der Waals surface area (Å²) < 4.78 is 0.578. The van der Waals surface area contributed by atoms with Gasteiger partial charge in [0.25, 0.3) is 0 Å². The second-order valence-corrected chi connectivity index (χ2v) is 2.64. The fourth-order valence-electron chi connectivity index (χ4n) is 0.756. The summed E-state index contributed by atoms with van der Waals surface area (Å²) in [5.74, 6) is 1.25. The van der Waals surface area contributed by atoms with E-state index in [1.165, 1.54) is 5.98 Å². The van der Waals surface area contributed by atoms with Gasteiger partial charge in [0.1, 0.15) is 4.64 Å². The highest BCUT2D eigenvalue weighted by atomic mass is 32.1. The van der Waals surface area contributed by atoms with E-state index in [4.69, 9.17) is 22.3 Å². The topological polar surface area (TPSA) is 56.2 Å². The van der Waals surface area contributed by atoms with Gasteiger partial charge in [0.05, 0.1) is 0 Å². The number of H-pyrrole nitrogens is 1. The predicted octanol–water partition coefficient (Wildman–Crippen LogP) is 0.769. The Morgan fingerprint density at radius 3 is 2.83 bits per heavy atom. The van der Waals surface area contributed by atoms with E-state index in [2.05, 4.69) is 4.98 Å². The van der Waals surface area contributed by atoms with Crippen LogP contribution in [0.15, 0.2) is 24.3 Å². The number of nitrogens with one attached hydrogen (secondary N) is 1. The number of hydrogen-bond acceptors (Lipinski definition) is 3. The summed E-state index contributed by atoms with van der Waals surface area (Å²) in [4.78, 5) is 2.82. The first-order valence-electron chi connectivity index (χ1n) is 3.42. The van der Waals surface area contributed by atoms with E-state index < -0.39 is 7.12 Å². The van der Waals surface area contributed by atoms with Crippen molar-refractivity contribution in [2.24, 2.45) is 0 Å². The number of hydrogen-bond donors (Lipinski definition) is 3. The Labute approximate surface area is 75.5 Å². The van der Waals surface area contributed by atoms with Crippen molar-refractivity contribution in [3.8, 4) is 0 Å². The molecule has 0 atom stereocenters. The van der Waals surface area contributed by atoms with Crippen molar-refractivity contribution in [1.82, 2.24) is 4.98 Å². The molecule has 0 fully saturated rings. The highest BCUT2D eigenvalue weighted by Gasteiger charge is 1.98. The molecule has 1 heterocycles. The molecule has 0 aliphatic carbocycles. The van der Waals surface area contributed by atoms with Gasteiger partial charge in [-0.1, -0.05) is 30.3 Å². The van der Waals surface area contributed by atoms with Crippen LogP contribution in [-0.2, 0) is 0 Å². The standard InChI is InChI=1S/C7H8BNO2S/c10-8(11)4-3-6-2-1-5-9-7(6)12/h1-5,10-11H,(H,9,12)/b4-3+. The molecule has 0 unspecified atom stereocenters. The molecule has 0 spiro atoms. The lowest BCUT2D eigenvalue weighted by Gasteiger charge is -1.92. The minimum atomic E-state index is -1.43. The Morgan fingerprint density at radius 2 is 2.25 bits per heavy atom. The van der Waals surface area contributed by atoms with E-state index in [0.29, 0.717) is 4.64 Å². The van der Waals surface area contributed by atoms with Crippen molar-refractivity contribution in [3.05, 3.63) is 34.5 Å². The molecule has 0 bridgehead atoms. The summed E-state index contributed by atoms with van der Waals surface area (Å²) in [7, 11) is -1.43. The van der Waals surface area contributed by atoms with E-state index in [1.807, 2.05) is 0 Å². The van der Waals surface area contributed by atoms with E-state index in [0.717, 1.165) is 5.56 Å². The van der Waals surface area contributed by atoms with Crippen molar-refractivity contribution in [2.45, 2.75) is 0 Å². The van der Waals surface area contributed by atoms with E-state index in [9.17, 15) is 0 Å². The number of rotatable bonds is 2. The molecule has 0 aromatic carbocycles. The Hall–Kier alpha value is -0.905. The van der Waals surface area contributed by atoms with Gasteiger partial charge in [0.15, 0.2) is 0 Å². The second-order valence-electron chi connectivity index (χ2n) is 2.23. The average molecular weight is 181 g/mol. The lowest BCUT2D eigenvalue weighted by molar-refractivity contribution is 0.424. The average Bonchev–Trinajstić information content (AvgIpc) is 2.03. The maximum atomic E-state index is 8.53. The van der Waals surface area contributed by atoms with Crippen molar-refractivity contribution >= 4 is 25.4 Å². The molecule has 0 aliphatic heterocycles.